The lowest BCUT2D eigenvalue weighted by molar-refractivity contribution is 0.198. The molecule has 0 spiro atoms. The Labute approximate surface area is 154 Å². The maximum Gasteiger partial charge on any atom is 0.120 e. The summed E-state index contributed by atoms with van der Waals surface area (Å²) < 4.78 is 8.33. The van der Waals surface area contributed by atoms with Crippen molar-refractivity contribution >= 4 is 32.6 Å². The van der Waals surface area contributed by atoms with Crippen LogP contribution in [0.1, 0.15) is 12.5 Å². The number of pyridine rings is 1. The molecule has 0 amide bonds. The number of hydrogen-bond acceptors (Lipinski definition) is 3. The number of likely N-dealkylation sites (N-methyl/N-ethyl adjacent to an activating group) is 1. The van der Waals surface area contributed by atoms with Crippen molar-refractivity contribution in [1.29, 1.82) is 0 Å². The van der Waals surface area contributed by atoms with Crippen LogP contribution in [0.15, 0.2) is 42.7 Å². The molecule has 0 fully saturated rings. The number of aryl methyl sites for hydroxylation is 2. The second-order valence-corrected chi connectivity index (χ2v) is 7.36. The van der Waals surface area contributed by atoms with E-state index in [2.05, 4.69) is 79.8 Å². The van der Waals surface area contributed by atoms with Gasteiger partial charge in [-0.1, -0.05) is 0 Å². The highest BCUT2D eigenvalue weighted by molar-refractivity contribution is 6.14. The summed E-state index contributed by atoms with van der Waals surface area (Å²) in [6.07, 6.45) is 3.81. The van der Waals surface area contributed by atoms with Gasteiger partial charge in [0.1, 0.15) is 12.4 Å². The quantitative estimate of drug-likeness (QED) is 0.544. The van der Waals surface area contributed by atoms with Gasteiger partial charge < -0.3 is 14.2 Å². The summed E-state index contributed by atoms with van der Waals surface area (Å²) in [5, 5.41) is 4.92. The first-order valence-corrected chi connectivity index (χ1v) is 9.02. The maximum atomic E-state index is 6.05. The molecule has 26 heavy (non-hydrogen) atoms. The standard InChI is InChI=1S/C22H25N3O/c1-14(24(3)4)13-26-17-6-7-21-19(11-17)20-10-16-12-23-9-8-18(16)15(2)22(20)25(21)5/h6-12,14H,13H2,1-5H3. The summed E-state index contributed by atoms with van der Waals surface area (Å²) in [5.74, 6) is 0.919. The minimum absolute atomic E-state index is 0.371. The van der Waals surface area contributed by atoms with Gasteiger partial charge in [0.25, 0.3) is 0 Å². The smallest absolute Gasteiger partial charge is 0.120 e. The van der Waals surface area contributed by atoms with E-state index >= 15 is 0 Å². The highest BCUT2D eigenvalue weighted by atomic mass is 16.5. The molecule has 4 aromatic rings. The molecule has 4 heteroatoms. The second-order valence-electron chi connectivity index (χ2n) is 7.36. The van der Waals surface area contributed by atoms with Gasteiger partial charge in [-0.15, -0.1) is 0 Å². The van der Waals surface area contributed by atoms with Crippen LogP contribution in [-0.4, -0.2) is 41.2 Å². The first kappa shape index (κ1) is 16.9. The Morgan fingerprint density at radius 3 is 2.69 bits per heavy atom. The average Bonchev–Trinajstić information content (AvgIpc) is 2.92. The van der Waals surface area contributed by atoms with Gasteiger partial charge in [-0.05, 0) is 69.2 Å². The summed E-state index contributed by atoms with van der Waals surface area (Å²) in [6, 6.07) is 11.1. The Morgan fingerprint density at radius 2 is 1.92 bits per heavy atom. The maximum absolute atomic E-state index is 6.05. The van der Waals surface area contributed by atoms with Gasteiger partial charge in [-0.3, -0.25) is 4.98 Å². The van der Waals surface area contributed by atoms with E-state index in [4.69, 9.17) is 4.74 Å². The third-order valence-corrected chi connectivity index (χ3v) is 5.49. The Balaban J connectivity index is 1.88. The number of hydrogen-bond donors (Lipinski definition) is 0. The van der Waals surface area contributed by atoms with E-state index in [1.54, 1.807) is 0 Å². The van der Waals surface area contributed by atoms with Gasteiger partial charge in [-0.2, -0.15) is 0 Å². The molecular weight excluding hydrogens is 322 g/mol. The van der Waals surface area contributed by atoms with Crippen LogP contribution >= 0.6 is 0 Å². The molecule has 0 saturated heterocycles. The molecular formula is C22H25N3O. The number of fused-ring (bicyclic) bond motifs is 4. The number of aromatic nitrogens is 2. The van der Waals surface area contributed by atoms with E-state index < -0.39 is 0 Å². The van der Waals surface area contributed by atoms with E-state index in [0.29, 0.717) is 12.6 Å². The van der Waals surface area contributed by atoms with Crippen molar-refractivity contribution in [2.75, 3.05) is 20.7 Å². The molecule has 0 N–H and O–H groups in total. The zero-order chi connectivity index (χ0) is 18.4. The van der Waals surface area contributed by atoms with Crippen LogP contribution in [0.2, 0.25) is 0 Å². The monoisotopic (exact) mass is 347 g/mol. The van der Waals surface area contributed by atoms with Crippen LogP contribution in [0.25, 0.3) is 32.6 Å². The Kier molecular flexibility index (Phi) is 4.08. The lowest BCUT2D eigenvalue weighted by atomic mass is 10.0. The minimum Gasteiger partial charge on any atom is -0.492 e. The van der Waals surface area contributed by atoms with E-state index in [9.17, 15) is 0 Å². The molecule has 0 aliphatic heterocycles. The van der Waals surface area contributed by atoms with Crippen molar-refractivity contribution in [3.8, 4) is 5.75 Å². The normalized spacial score (nSPS) is 13.2. The first-order valence-electron chi connectivity index (χ1n) is 9.02. The van der Waals surface area contributed by atoms with Crippen molar-refractivity contribution in [3.63, 3.8) is 0 Å². The summed E-state index contributed by atoms with van der Waals surface area (Å²) in [6.45, 7) is 5.04. The summed E-state index contributed by atoms with van der Waals surface area (Å²) in [7, 11) is 6.28. The van der Waals surface area contributed by atoms with E-state index in [1.165, 1.54) is 38.1 Å². The lowest BCUT2D eigenvalue weighted by Gasteiger charge is -2.20. The Bertz CT molecular complexity index is 1110. The number of benzene rings is 2. The third kappa shape index (κ3) is 2.61. The average molecular weight is 347 g/mol. The molecule has 0 saturated carbocycles. The zero-order valence-electron chi connectivity index (χ0n) is 16.1. The van der Waals surface area contributed by atoms with Crippen LogP contribution < -0.4 is 4.74 Å². The van der Waals surface area contributed by atoms with Gasteiger partial charge >= 0.3 is 0 Å². The molecule has 0 radical (unpaired) electrons. The summed E-state index contributed by atoms with van der Waals surface area (Å²) in [4.78, 5) is 6.46. The predicted molar refractivity (Wildman–Crippen MR) is 109 cm³/mol. The van der Waals surface area contributed by atoms with E-state index in [0.717, 1.165) is 5.75 Å². The molecule has 4 nitrogen and oxygen atoms in total. The molecule has 0 aliphatic rings. The van der Waals surface area contributed by atoms with E-state index in [-0.39, 0.29) is 0 Å². The zero-order valence-corrected chi connectivity index (χ0v) is 16.1. The van der Waals surface area contributed by atoms with Gasteiger partial charge in [-0.25, -0.2) is 0 Å². The highest BCUT2D eigenvalue weighted by Gasteiger charge is 2.14. The number of ether oxygens (including phenoxy) is 1. The largest absolute Gasteiger partial charge is 0.492 e. The minimum atomic E-state index is 0.371. The van der Waals surface area contributed by atoms with Gasteiger partial charge in [0.15, 0.2) is 0 Å². The molecule has 1 unspecified atom stereocenters. The molecule has 1 atom stereocenters. The molecule has 2 aromatic heterocycles. The predicted octanol–water partition coefficient (Wildman–Crippen LogP) is 4.52. The van der Waals surface area contributed by atoms with Crippen LogP contribution in [0, 0.1) is 6.92 Å². The Hall–Kier alpha value is -2.59. The summed E-state index contributed by atoms with van der Waals surface area (Å²) >= 11 is 0. The lowest BCUT2D eigenvalue weighted by Crippen LogP contribution is -2.30. The Morgan fingerprint density at radius 1 is 1.12 bits per heavy atom. The molecule has 134 valence electrons. The van der Waals surface area contributed by atoms with Crippen LogP contribution in [0.5, 0.6) is 5.75 Å². The fourth-order valence-electron chi connectivity index (χ4n) is 3.65. The van der Waals surface area contributed by atoms with Gasteiger partial charge in [0.2, 0.25) is 0 Å². The molecule has 4 rings (SSSR count). The van der Waals surface area contributed by atoms with Crippen LogP contribution in [0.4, 0.5) is 0 Å². The number of rotatable bonds is 4. The molecule has 2 aromatic carbocycles. The topological polar surface area (TPSA) is 30.3 Å². The van der Waals surface area contributed by atoms with Crippen molar-refractivity contribution in [2.24, 2.45) is 7.05 Å². The fourth-order valence-corrected chi connectivity index (χ4v) is 3.65. The van der Waals surface area contributed by atoms with Crippen LogP contribution in [-0.2, 0) is 7.05 Å². The SMILES string of the molecule is Cc1c2ccncc2cc2c3cc(OCC(C)N(C)C)ccc3n(C)c12. The van der Waals surface area contributed by atoms with Crippen LogP contribution in [0.3, 0.4) is 0 Å². The molecule has 2 heterocycles. The summed E-state index contributed by atoms with van der Waals surface area (Å²) in [5.41, 5.74) is 3.79. The van der Waals surface area contributed by atoms with Gasteiger partial charge in [0, 0.05) is 47.2 Å². The second kappa shape index (κ2) is 6.29. The first-order chi connectivity index (χ1) is 12.5. The van der Waals surface area contributed by atoms with Gasteiger partial charge in [0.05, 0.1) is 5.52 Å². The van der Waals surface area contributed by atoms with Crippen molar-refractivity contribution < 1.29 is 4.74 Å². The van der Waals surface area contributed by atoms with Crippen molar-refractivity contribution in [2.45, 2.75) is 19.9 Å². The van der Waals surface area contributed by atoms with E-state index in [1.807, 2.05) is 12.4 Å². The molecule has 0 aliphatic carbocycles. The molecule has 0 bridgehead atoms. The fraction of sp³-hybridized carbons (Fsp3) is 0.318. The van der Waals surface area contributed by atoms with Crippen molar-refractivity contribution in [3.05, 3.63) is 48.3 Å². The highest BCUT2D eigenvalue weighted by Crippen LogP contribution is 2.36. The third-order valence-electron chi connectivity index (χ3n) is 5.49. The van der Waals surface area contributed by atoms with Crippen molar-refractivity contribution in [1.82, 2.24) is 14.5 Å². The number of nitrogens with zero attached hydrogens (tertiary/aromatic N) is 3.